The highest BCUT2D eigenvalue weighted by atomic mass is 17.3. The first-order chi connectivity index (χ1) is 14.0. The van der Waals surface area contributed by atoms with Gasteiger partial charge in [0.15, 0.2) is 5.60 Å². The van der Waals surface area contributed by atoms with Gasteiger partial charge in [-0.1, -0.05) is 19.1 Å². The van der Waals surface area contributed by atoms with Crippen LogP contribution in [-0.4, -0.2) is 33.2 Å². The molecule has 2 bridgehead atoms. The zero-order valence-corrected chi connectivity index (χ0v) is 16.7. The number of carbonyl (C=O) groups excluding carboxylic acids is 1. The van der Waals surface area contributed by atoms with Gasteiger partial charge in [0, 0.05) is 24.8 Å². The molecule has 5 fully saturated rings. The van der Waals surface area contributed by atoms with Gasteiger partial charge in [-0.2, -0.15) is 0 Å². The Hall–Kier alpha value is -1.96. The predicted molar refractivity (Wildman–Crippen MR) is 102 cm³/mol. The summed E-state index contributed by atoms with van der Waals surface area (Å²) in [6.45, 7) is 4.65. The Morgan fingerprint density at radius 2 is 2.03 bits per heavy atom. The number of nitrogens with zero attached hydrogens (tertiary/aromatic N) is 2. The number of aromatic nitrogens is 2. The largest absolute Gasteiger partial charge is 0.432 e. The van der Waals surface area contributed by atoms with Crippen LogP contribution in [0.15, 0.2) is 30.6 Å². The van der Waals surface area contributed by atoms with Crippen molar-refractivity contribution in [2.24, 2.45) is 23.7 Å². The van der Waals surface area contributed by atoms with Crippen LogP contribution in [0.4, 0.5) is 0 Å². The zero-order chi connectivity index (χ0) is 19.8. The number of esters is 1. The molecule has 1 spiro atoms. The number of para-hydroxylation sites is 2. The van der Waals surface area contributed by atoms with Crippen molar-refractivity contribution in [3.8, 4) is 0 Å². The predicted octanol–water partition coefficient (Wildman–Crippen LogP) is 3.42. The quantitative estimate of drug-likeness (QED) is 0.570. The standard InChI is InChI=1S/C22H26N2O5/c1-13-7-8-16-14(11-24-12-23-17-5-3-4-6-18(17)24)19(25)26-20-22(16)15(13)9-10-21(2,27-20)28-29-22/h3-6,12-16,20H,7-11H2,1-2H3/t13-,14-,15?,16+,20-,21?,22-/m1/s1. The van der Waals surface area contributed by atoms with Gasteiger partial charge in [-0.25, -0.2) is 14.8 Å². The Morgan fingerprint density at radius 1 is 1.17 bits per heavy atom. The first-order valence-electron chi connectivity index (χ1n) is 10.7. The average Bonchev–Trinajstić information content (AvgIpc) is 2.98. The molecule has 1 saturated carbocycles. The Kier molecular flexibility index (Phi) is 3.71. The number of ether oxygens (including phenoxy) is 2. The number of benzene rings is 1. The van der Waals surface area contributed by atoms with E-state index in [1.807, 2.05) is 37.5 Å². The molecule has 2 aromatic rings. The van der Waals surface area contributed by atoms with Crippen LogP contribution in [0.2, 0.25) is 0 Å². The molecule has 7 heteroatoms. The van der Waals surface area contributed by atoms with Gasteiger partial charge in [0.2, 0.25) is 12.1 Å². The Balaban J connectivity index is 1.41. The van der Waals surface area contributed by atoms with E-state index in [4.69, 9.17) is 19.2 Å². The second-order valence-corrected chi connectivity index (χ2v) is 9.34. The van der Waals surface area contributed by atoms with Gasteiger partial charge in [0.25, 0.3) is 0 Å². The lowest BCUT2D eigenvalue weighted by atomic mass is 9.58. The van der Waals surface area contributed by atoms with E-state index in [0.717, 1.165) is 36.7 Å². The maximum atomic E-state index is 13.2. The van der Waals surface area contributed by atoms with Crippen molar-refractivity contribution in [3.05, 3.63) is 30.6 Å². The van der Waals surface area contributed by atoms with Crippen LogP contribution < -0.4 is 0 Å². The lowest BCUT2D eigenvalue weighted by Crippen LogP contribution is -2.70. The molecule has 7 nitrogen and oxygen atoms in total. The number of hydrogen-bond acceptors (Lipinski definition) is 6. The summed E-state index contributed by atoms with van der Waals surface area (Å²) in [5.41, 5.74) is 1.21. The van der Waals surface area contributed by atoms with E-state index >= 15 is 0 Å². The van der Waals surface area contributed by atoms with E-state index in [9.17, 15) is 4.79 Å². The monoisotopic (exact) mass is 398 g/mol. The smallest absolute Gasteiger partial charge is 0.313 e. The van der Waals surface area contributed by atoms with Crippen LogP contribution in [-0.2, 0) is 30.6 Å². The highest BCUT2D eigenvalue weighted by Crippen LogP contribution is 2.60. The van der Waals surface area contributed by atoms with Gasteiger partial charge in [-0.3, -0.25) is 4.79 Å². The van der Waals surface area contributed by atoms with Crippen molar-refractivity contribution in [1.82, 2.24) is 9.55 Å². The van der Waals surface area contributed by atoms with Crippen molar-refractivity contribution in [1.29, 1.82) is 0 Å². The maximum Gasteiger partial charge on any atom is 0.313 e. The van der Waals surface area contributed by atoms with Crippen LogP contribution in [0.5, 0.6) is 0 Å². The Morgan fingerprint density at radius 3 is 2.93 bits per heavy atom. The topological polar surface area (TPSA) is 71.8 Å². The second-order valence-electron chi connectivity index (χ2n) is 9.34. The molecular weight excluding hydrogens is 372 g/mol. The lowest BCUT2D eigenvalue weighted by Gasteiger charge is -2.58. The van der Waals surface area contributed by atoms with Gasteiger partial charge in [-0.15, -0.1) is 0 Å². The highest BCUT2D eigenvalue weighted by molar-refractivity contribution is 5.77. The average molecular weight is 398 g/mol. The summed E-state index contributed by atoms with van der Waals surface area (Å²) in [5, 5.41) is 0. The number of carbonyl (C=O) groups is 1. The van der Waals surface area contributed by atoms with Crippen molar-refractivity contribution >= 4 is 17.0 Å². The lowest BCUT2D eigenvalue weighted by molar-refractivity contribution is -0.559. The van der Waals surface area contributed by atoms with Gasteiger partial charge < -0.3 is 14.0 Å². The van der Waals surface area contributed by atoms with Gasteiger partial charge in [0.1, 0.15) is 0 Å². The third kappa shape index (κ3) is 2.41. The van der Waals surface area contributed by atoms with E-state index in [2.05, 4.69) is 16.5 Å². The van der Waals surface area contributed by atoms with E-state index in [1.54, 1.807) is 0 Å². The number of rotatable bonds is 2. The number of fused-ring (bicyclic) bond motifs is 3. The summed E-state index contributed by atoms with van der Waals surface area (Å²) in [4.78, 5) is 29.6. The van der Waals surface area contributed by atoms with E-state index < -0.39 is 17.7 Å². The molecule has 7 atom stereocenters. The van der Waals surface area contributed by atoms with Crippen LogP contribution in [0.1, 0.15) is 39.5 Å². The van der Waals surface area contributed by atoms with Crippen LogP contribution in [0, 0.1) is 23.7 Å². The Labute approximate surface area is 169 Å². The van der Waals surface area contributed by atoms with E-state index in [0.29, 0.717) is 12.5 Å². The zero-order valence-electron chi connectivity index (χ0n) is 16.7. The molecule has 5 aliphatic rings. The molecule has 0 radical (unpaired) electrons. The fraction of sp³-hybridized carbons (Fsp3) is 0.636. The van der Waals surface area contributed by atoms with E-state index in [-0.39, 0.29) is 23.7 Å². The number of hydrogen-bond donors (Lipinski definition) is 0. The van der Waals surface area contributed by atoms with Crippen molar-refractivity contribution in [2.75, 3.05) is 0 Å². The number of imidazole rings is 1. The van der Waals surface area contributed by atoms with Crippen LogP contribution >= 0.6 is 0 Å². The third-order valence-corrected chi connectivity index (χ3v) is 7.71. The maximum absolute atomic E-state index is 13.2. The molecule has 0 N–H and O–H groups in total. The minimum atomic E-state index is -0.856. The van der Waals surface area contributed by atoms with Gasteiger partial charge >= 0.3 is 5.97 Å². The summed E-state index contributed by atoms with van der Waals surface area (Å²) in [6.07, 6.45) is 4.75. The molecule has 7 rings (SSSR count). The molecule has 0 amide bonds. The second kappa shape index (κ2) is 6.03. The molecule has 1 aromatic heterocycles. The molecule has 1 aliphatic carbocycles. The van der Waals surface area contributed by atoms with Gasteiger partial charge in [-0.05, 0) is 44.2 Å². The third-order valence-electron chi connectivity index (χ3n) is 7.71. The fourth-order valence-corrected chi connectivity index (χ4v) is 6.19. The molecule has 4 aliphatic heterocycles. The molecular formula is C22H26N2O5. The summed E-state index contributed by atoms with van der Waals surface area (Å²) >= 11 is 0. The Bertz CT molecular complexity index is 975. The molecule has 154 valence electrons. The van der Waals surface area contributed by atoms with Gasteiger partial charge in [0.05, 0.1) is 23.3 Å². The molecule has 5 heterocycles. The van der Waals surface area contributed by atoms with Crippen LogP contribution in [0.3, 0.4) is 0 Å². The summed E-state index contributed by atoms with van der Waals surface area (Å²) in [7, 11) is 0. The first kappa shape index (κ1) is 17.9. The first-order valence-corrected chi connectivity index (χ1v) is 10.7. The molecule has 1 aromatic carbocycles. The minimum absolute atomic E-state index is 0.0150. The summed E-state index contributed by atoms with van der Waals surface area (Å²) in [5.74, 6) is -0.701. The highest BCUT2D eigenvalue weighted by Gasteiger charge is 2.70. The fourth-order valence-electron chi connectivity index (χ4n) is 6.19. The van der Waals surface area contributed by atoms with Crippen molar-refractivity contribution in [3.63, 3.8) is 0 Å². The SMILES string of the molecule is C[C@@H]1CC[C@H]2[C@@H](Cn3cnc4ccccc43)C(=O)O[C@@H]3OC4(C)CCC1[C@]32OO4. The van der Waals surface area contributed by atoms with Crippen molar-refractivity contribution in [2.45, 2.75) is 63.8 Å². The molecule has 29 heavy (non-hydrogen) atoms. The summed E-state index contributed by atoms with van der Waals surface area (Å²) < 4.78 is 14.2. The molecule has 2 unspecified atom stereocenters. The minimum Gasteiger partial charge on any atom is -0.432 e. The normalized spacial score (nSPS) is 43.7. The van der Waals surface area contributed by atoms with E-state index in [1.165, 1.54) is 0 Å². The summed E-state index contributed by atoms with van der Waals surface area (Å²) in [6, 6.07) is 7.98. The molecule has 4 saturated heterocycles. The van der Waals surface area contributed by atoms with Crippen LogP contribution in [0.25, 0.3) is 11.0 Å². The van der Waals surface area contributed by atoms with Crippen molar-refractivity contribution < 1.29 is 24.0 Å².